The molecule has 1 aliphatic heterocycles. The first-order valence-electron chi connectivity index (χ1n) is 7.98. The lowest BCUT2D eigenvalue weighted by atomic mass is 10.3. The second kappa shape index (κ2) is 7.61. The molecule has 0 bridgehead atoms. The molecule has 2 unspecified atom stereocenters. The first kappa shape index (κ1) is 17.5. The molecule has 7 nitrogen and oxygen atoms in total. The Balaban J connectivity index is 1.76. The molecule has 2 rings (SSSR count). The van der Waals surface area contributed by atoms with Crippen LogP contribution >= 0.6 is 0 Å². The van der Waals surface area contributed by atoms with Crippen LogP contribution in [0, 0.1) is 5.92 Å². The molecule has 22 heavy (non-hydrogen) atoms. The van der Waals surface area contributed by atoms with Crippen LogP contribution in [0.1, 0.15) is 26.7 Å². The summed E-state index contributed by atoms with van der Waals surface area (Å²) >= 11 is 0. The van der Waals surface area contributed by atoms with Gasteiger partial charge in [0.2, 0.25) is 10.0 Å². The van der Waals surface area contributed by atoms with E-state index in [1.165, 1.54) is 17.1 Å². The summed E-state index contributed by atoms with van der Waals surface area (Å²) < 4.78 is 31.9. The van der Waals surface area contributed by atoms with Gasteiger partial charge in [0.15, 0.2) is 5.96 Å². The van der Waals surface area contributed by atoms with E-state index in [0.717, 1.165) is 12.5 Å². The van der Waals surface area contributed by atoms with Gasteiger partial charge in [-0.2, -0.15) is 4.31 Å². The fourth-order valence-corrected chi connectivity index (χ4v) is 4.06. The van der Waals surface area contributed by atoms with Crippen LogP contribution in [0.2, 0.25) is 0 Å². The summed E-state index contributed by atoms with van der Waals surface area (Å²) in [5.74, 6) is 1.49. The van der Waals surface area contributed by atoms with E-state index in [4.69, 9.17) is 4.74 Å². The number of sulfonamides is 1. The quantitative estimate of drug-likeness (QED) is 0.528. The topological polar surface area (TPSA) is 83.0 Å². The monoisotopic (exact) mass is 332 g/mol. The van der Waals surface area contributed by atoms with Gasteiger partial charge in [0.25, 0.3) is 0 Å². The number of aliphatic imine (C=N–C) groups is 1. The molecule has 0 spiro atoms. The van der Waals surface area contributed by atoms with Crippen molar-refractivity contribution in [2.24, 2.45) is 10.9 Å². The predicted octanol–water partition coefficient (Wildman–Crippen LogP) is 0.000400. The number of hydrogen-bond acceptors (Lipinski definition) is 4. The number of nitrogens with one attached hydrogen (secondary N) is 2. The van der Waals surface area contributed by atoms with Crippen molar-refractivity contribution in [3.05, 3.63) is 0 Å². The number of ether oxygens (including phenoxy) is 1. The van der Waals surface area contributed by atoms with E-state index in [9.17, 15) is 8.42 Å². The average molecular weight is 332 g/mol. The maximum Gasteiger partial charge on any atom is 0.216 e. The molecule has 0 radical (unpaired) electrons. The highest BCUT2D eigenvalue weighted by atomic mass is 32.2. The highest BCUT2D eigenvalue weighted by molar-refractivity contribution is 7.89. The minimum Gasteiger partial charge on any atom is -0.373 e. The summed E-state index contributed by atoms with van der Waals surface area (Å²) in [6, 6.07) is 0. The lowest BCUT2D eigenvalue weighted by Crippen LogP contribution is -2.50. The number of rotatable bonds is 6. The smallest absolute Gasteiger partial charge is 0.216 e. The Hall–Kier alpha value is -0.860. The Kier molecular flexibility index (Phi) is 6.05. The zero-order chi connectivity index (χ0) is 16.2. The van der Waals surface area contributed by atoms with Gasteiger partial charge in [-0.3, -0.25) is 4.99 Å². The SMILES string of the molecule is CN=C(NCCS(=O)(=O)N1CC(C)OC(C)C1)NCC1CC1. The molecule has 0 aromatic heterocycles. The van der Waals surface area contributed by atoms with Crippen LogP contribution in [0.25, 0.3) is 0 Å². The van der Waals surface area contributed by atoms with Crippen molar-refractivity contribution in [3.63, 3.8) is 0 Å². The molecule has 2 N–H and O–H groups in total. The van der Waals surface area contributed by atoms with Crippen LogP contribution in [0.3, 0.4) is 0 Å². The van der Waals surface area contributed by atoms with Crippen molar-refractivity contribution in [1.82, 2.24) is 14.9 Å². The standard InChI is InChI=1S/C14H28N4O3S/c1-11-9-18(10-12(2)21-11)22(19,20)7-6-16-14(15-3)17-8-13-4-5-13/h11-13H,4-10H2,1-3H3,(H2,15,16,17). The van der Waals surface area contributed by atoms with Gasteiger partial charge in [0.05, 0.1) is 18.0 Å². The van der Waals surface area contributed by atoms with Gasteiger partial charge < -0.3 is 15.4 Å². The van der Waals surface area contributed by atoms with Crippen LogP contribution in [0.5, 0.6) is 0 Å². The van der Waals surface area contributed by atoms with E-state index in [2.05, 4.69) is 15.6 Å². The van der Waals surface area contributed by atoms with Gasteiger partial charge in [0, 0.05) is 33.2 Å². The second-order valence-corrected chi connectivity index (χ2v) is 8.30. The largest absolute Gasteiger partial charge is 0.373 e. The number of morpholine rings is 1. The van der Waals surface area contributed by atoms with Crippen LogP contribution in [0.4, 0.5) is 0 Å². The molecule has 2 aliphatic rings. The van der Waals surface area contributed by atoms with Crippen molar-refractivity contribution < 1.29 is 13.2 Å². The molecule has 1 heterocycles. The zero-order valence-corrected chi connectivity index (χ0v) is 14.5. The van der Waals surface area contributed by atoms with Crippen molar-refractivity contribution in [2.75, 3.05) is 39.0 Å². The molecule has 1 saturated heterocycles. The third-order valence-electron chi connectivity index (χ3n) is 3.91. The van der Waals surface area contributed by atoms with Gasteiger partial charge in [-0.25, -0.2) is 8.42 Å². The summed E-state index contributed by atoms with van der Waals surface area (Å²) in [6.07, 6.45) is 2.43. The van der Waals surface area contributed by atoms with Gasteiger partial charge in [-0.15, -0.1) is 0 Å². The van der Waals surface area contributed by atoms with Crippen LogP contribution in [-0.4, -0.2) is 69.9 Å². The molecule has 128 valence electrons. The molecule has 1 saturated carbocycles. The summed E-state index contributed by atoms with van der Waals surface area (Å²) in [5, 5.41) is 6.29. The number of nitrogens with zero attached hydrogens (tertiary/aromatic N) is 2. The van der Waals surface area contributed by atoms with E-state index in [1.807, 2.05) is 13.8 Å². The molecule has 2 fully saturated rings. The Morgan fingerprint density at radius 2 is 1.86 bits per heavy atom. The van der Waals surface area contributed by atoms with Crippen LogP contribution < -0.4 is 10.6 Å². The number of guanidine groups is 1. The third kappa shape index (κ3) is 5.40. The summed E-state index contributed by atoms with van der Waals surface area (Å²) in [4.78, 5) is 4.11. The Morgan fingerprint density at radius 3 is 2.41 bits per heavy atom. The first-order chi connectivity index (χ1) is 10.4. The molecule has 1 aliphatic carbocycles. The van der Waals surface area contributed by atoms with E-state index in [1.54, 1.807) is 7.05 Å². The molecular weight excluding hydrogens is 304 g/mol. The fourth-order valence-electron chi connectivity index (χ4n) is 2.57. The maximum absolute atomic E-state index is 12.4. The van der Waals surface area contributed by atoms with Crippen LogP contribution in [-0.2, 0) is 14.8 Å². The Morgan fingerprint density at radius 1 is 1.23 bits per heavy atom. The zero-order valence-electron chi connectivity index (χ0n) is 13.7. The minimum absolute atomic E-state index is 0.0561. The molecule has 8 heteroatoms. The van der Waals surface area contributed by atoms with Gasteiger partial charge in [-0.05, 0) is 32.6 Å². The van der Waals surface area contributed by atoms with E-state index in [0.29, 0.717) is 25.6 Å². The average Bonchev–Trinajstić information content (AvgIpc) is 3.25. The van der Waals surface area contributed by atoms with E-state index < -0.39 is 10.0 Å². The molecule has 0 aromatic rings. The van der Waals surface area contributed by atoms with Crippen LogP contribution in [0.15, 0.2) is 4.99 Å². The van der Waals surface area contributed by atoms with Gasteiger partial charge in [0.1, 0.15) is 0 Å². The lowest BCUT2D eigenvalue weighted by molar-refractivity contribution is -0.0440. The Bertz CT molecular complexity index is 480. The predicted molar refractivity (Wildman–Crippen MR) is 87.5 cm³/mol. The highest BCUT2D eigenvalue weighted by Crippen LogP contribution is 2.27. The molecule has 0 amide bonds. The first-order valence-corrected chi connectivity index (χ1v) is 9.59. The maximum atomic E-state index is 12.4. The van der Waals surface area contributed by atoms with Crippen molar-refractivity contribution in [3.8, 4) is 0 Å². The fraction of sp³-hybridized carbons (Fsp3) is 0.929. The van der Waals surface area contributed by atoms with Gasteiger partial charge >= 0.3 is 0 Å². The summed E-state index contributed by atoms with van der Waals surface area (Å²) in [5.41, 5.74) is 0. The van der Waals surface area contributed by atoms with Crippen molar-refractivity contribution >= 4 is 16.0 Å². The third-order valence-corrected chi connectivity index (χ3v) is 5.72. The van der Waals surface area contributed by atoms with Crippen molar-refractivity contribution in [1.29, 1.82) is 0 Å². The number of hydrogen-bond donors (Lipinski definition) is 2. The normalized spacial score (nSPS) is 27.7. The Labute approximate surface area is 133 Å². The highest BCUT2D eigenvalue weighted by Gasteiger charge is 2.30. The molecule has 2 atom stereocenters. The van der Waals surface area contributed by atoms with Crippen molar-refractivity contribution in [2.45, 2.75) is 38.9 Å². The second-order valence-electron chi connectivity index (χ2n) is 6.21. The lowest BCUT2D eigenvalue weighted by Gasteiger charge is -2.34. The van der Waals surface area contributed by atoms with E-state index in [-0.39, 0.29) is 18.0 Å². The minimum atomic E-state index is -3.26. The summed E-state index contributed by atoms with van der Waals surface area (Å²) in [6.45, 7) is 5.93. The van der Waals surface area contributed by atoms with Gasteiger partial charge in [-0.1, -0.05) is 0 Å². The molecule has 0 aromatic carbocycles. The summed E-state index contributed by atoms with van der Waals surface area (Å²) in [7, 11) is -1.57. The molecular formula is C14H28N4O3S. The van der Waals surface area contributed by atoms with E-state index >= 15 is 0 Å².